The standard InChI is InChI=1S/C20H18ClF2N3O3/c1-11-2-5-14(22)17(24-11)18(28)26-20-8-19(9-20,10-20)25-16(27)7-29-12-3-4-13(21)15(23)6-12/h2-6H,7-10H2,1H3,(H,25,27)(H,26,28). The predicted molar refractivity (Wildman–Crippen MR) is 101 cm³/mol. The lowest BCUT2D eigenvalue weighted by Gasteiger charge is -2.70. The van der Waals surface area contributed by atoms with Gasteiger partial charge in [0.05, 0.1) is 5.02 Å². The Morgan fingerprint density at radius 1 is 1.10 bits per heavy atom. The van der Waals surface area contributed by atoms with Crippen LogP contribution in [0.15, 0.2) is 30.3 Å². The summed E-state index contributed by atoms with van der Waals surface area (Å²) in [4.78, 5) is 28.4. The molecule has 1 heterocycles. The molecule has 6 nitrogen and oxygen atoms in total. The molecule has 9 heteroatoms. The lowest BCUT2D eigenvalue weighted by atomic mass is 9.44. The van der Waals surface area contributed by atoms with E-state index in [9.17, 15) is 18.4 Å². The molecule has 0 saturated heterocycles. The SMILES string of the molecule is Cc1ccc(F)c(C(=O)NC23CC(NC(=O)COc4ccc(Cl)c(F)c4)(C2)C3)n1. The third kappa shape index (κ3) is 3.76. The Bertz CT molecular complexity index is 995. The maximum atomic E-state index is 13.8. The minimum absolute atomic E-state index is 0.0243. The van der Waals surface area contributed by atoms with E-state index in [0.29, 0.717) is 25.0 Å². The molecule has 0 atom stereocenters. The molecule has 0 unspecified atom stereocenters. The van der Waals surface area contributed by atoms with Gasteiger partial charge in [0.25, 0.3) is 11.8 Å². The Kier molecular flexibility index (Phi) is 4.69. The Labute approximate surface area is 170 Å². The van der Waals surface area contributed by atoms with Gasteiger partial charge in [-0.2, -0.15) is 0 Å². The number of aryl methyl sites for hydroxylation is 1. The Morgan fingerprint density at radius 3 is 2.48 bits per heavy atom. The number of carbonyl (C=O) groups is 2. The van der Waals surface area contributed by atoms with Gasteiger partial charge in [0.2, 0.25) is 0 Å². The number of amides is 2. The largest absolute Gasteiger partial charge is 0.484 e. The number of carbonyl (C=O) groups excluding carboxylic acids is 2. The van der Waals surface area contributed by atoms with Crippen LogP contribution in [0.1, 0.15) is 35.4 Å². The number of ether oxygens (including phenoxy) is 1. The van der Waals surface area contributed by atoms with Gasteiger partial charge in [-0.1, -0.05) is 11.6 Å². The number of hydrogen-bond acceptors (Lipinski definition) is 4. The van der Waals surface area contributed by atoms with Gasteiger partial charge in [-0.15, -0.1) is 0 Å². The van der Waals surface area contributed by atoms with Crippen LogP contribution in [0.5, 0.6) is 5.75 Å². The molecule has 3 fully saturated rings. The van der Waals surface area contributed by atoms with Crippen LogP contribution in [-0.4, -0.2) is 34.5 Å². The summed E-state index contributed by atoms with van der Waals surface area (Å²) < 4.78 is 32.5. The van der Waals surface area contributed by atoms with Crippen LogP contribution < -0.4 is 15.4 Å². The summed E-state index contributed by atoms with van der Waals surface area (Å²) in [5.41, 5.74) is -0.505. The molecule has 0 aliphatic heterocycles. The van der Waals surface area contributed by atoms with Gasteiger partial charge < -0.3 is 15.4 Å². The third-order valence-corrected chi connectivity index (χ3v) is 5.58. The van der Waals surface area contributed by atoms with E-state index in [4.69, 9.17) is 16.3 Å². The molecule has 2 bridgehead atoms. The number of nitrogens with zero attached hydrogens (tertiary/aromatic N) is 1. The second-order valence-corrected chi connectivity index (χ2v) is 8.15. The first-order chi connectivity index (χ1) is 13.7. The molecule has 1 aromatic carbocycles. The molecule has 3 aliphatic carbocycles. The smallest absolute Gasteiger partial charge is 0.273 e. The first kappa shape index (κ1) is 19.6. The van der Waals surface area contributed by atoms with E-state index in [2.05, 4.69) is 15.6 Å². The maximum absolute atomic E-state index is 13.8. The highest BCUT2D eigenvalue weighted by Gasteiger charge is 2.69. The van der Waals surface area contributed by atoms with E-state index < -0.39 is 28.6 Å². The summed E-state index contributed by atoms with van der Waals surface area (Å²) in [5.74, 6) is -1.99. The van der Waals surface area contributed by atoms with Crippen LogP contribution in [0.4, 0.5) is 8.78 Å². The molecule has 3 saturated carbocycles. The number of pyridine rings is 1. The number of benzene rings is 1. The van der Waals surface area contributed by atoms with Crippen LogP contribution in [0, 0.1) is 18.6 Å². The maximum Gasteiger partial charge on any atom is 0.273 e. The first-order valence-corrected chi connectivity index (χ1v) is 9.42. The monoisotopic (exact) mass is 421 g/mol. The lowest BCUT2D eigenvalue weighted by Crippen LogP contribution is -2.84. The van der Waals surface area contributed by atoms with E-state index >= 15 is 0 Å². The van der Waals surface area contributed by atoms with Gasteiger partial charge in [0, 0.05) is 22.8 Å². The van der Waals surface area contributed by atoms with Crippen molar-refractivity contribution in [3.63, 3.8) is 0 Å². The van der Waals surface area contributed by atoms with Crippen LogP contribution in [0.25, 0.3) is 0 Å². The lowest BCUT2D eigenvalue weighted by molar-refractivity contribution is -0.141. The summed E-state index contributed by atoms with van der Waals surface area (Å²) in [6.07, 6.45) is 1.67. The second-order valence-electron chi connectivity index (χ2n) is 7.74. The molecular formula is C20H18ClF2N3O3. The van der Waals surface area contributed by atoms with Crippen molar-refractivity contribution >= 4 is 23.4 Å². The summed E-state index contributed by atoms with van der Waals surface area (Å²) in [5, 5.41) is 5.70. The highest BCUT2D eigenvalue weighted by Crippen LogP contribution is 2.60. The van der Waals surface area contributed by atoms with Crippen LogP contribution in [0.3, 0.4) is 0 Å². The van der Waals surface area contributed by atoms with Gasteiger partial charge >= 0.3 is 0 Å². The number of hydrogen-bond donors (Lipinski definition) is 2. The van der Waals surface area contributed by atoms with Gasteiger partial charge in [-0.25, -0.2) is 13.8 Å². The van der Waals surface area contributed by atoms with Crippen molar-refractivity contribution in [3.8, 4) is 5.75 Å². The molecule has 2 amide bonds. The number of aromatic nitrogens is 1. The zero-order chi connectivity index (χ0) is 20.8. The minimum atomic E-state index is -0.668. The summed E-state index contributed by atoms with van der Waals surface area (Å²) >= 11 is 5.60. The van der Waals surface area contributed by atoms with E-state index in [-0.39, 0.29) is 29.0 Å². The fourth-order valence-electron chi connectivity index (χ4n) is 4.10. The van der Waals surface area contributed by atoms with Gasteiger partial charge in [-0.3, -0.25) is 9.59 Å². The molecule has 5 rings (SSSR count). The summed E-state index contributed by atoms with van der Waals surface area (Å²) in [6, 6.07) is 6.65. The molecule has 29 heavy (non-hydrogen) atoms. The predicted octanol–water partition coefficient (Wildman–Crippen LogP) is 2.92. The van der Waals surface area contributed by atoms with Crippen molar-refractivity contribution in [1.82, 2.24) is 15.6 Å². The van der Waals surface area contributed by atoms with Crippen molar-refractivity contribution in [3.05, 3.63) is 58.4 Å². The Balaban J connectivity index is 1.26. The van der Waals surface area contributed by atoms with Crippen molar-refractivity contribution in [1.29, 1.82) is 0 Å². The van der Waals surface area contributed by atoms with Gasteiger partial charge in [-0.05, 0) is 50.5 Å². The quantitative estimate of drug-likeness (QED) is 0.751. The number of halogens is 3. The fraction of sp³-hybridized carbons (Fsp3) is 0.350. The van der Waals surface area contributed by atoms with E-state index in [1.807, 2.05) is 0 Å². The van der Waals surface area contributed by atoms with Crippen molar-refractivity contribution in [2.75, 3.05) is 6.61 Å². The van der Waals surface area contributed by atoms with Crippen LogP contribution in [-0.2, 0) is 4.79 Å². The topological polar surface area (TPSA) is 80.3 Å². The normalized spacial score (nSPS) is 24.1. The summed E-state index contributed by atoms with van der Waals surface area (Å²) in [6.45, 7) is 1.42. The number of rotatable bonds is 6. The zero-order valence-corrected chi connectivity index (χ0v) is 16.3. The van der Waals surface area contributed by atoms with Gasteiger partial charge in [0.1, 0.15) is 11.6 Å². The van der Waals surface area contributed by atoms with Crippen molar-refractivity contribution in [2.45, 2.75) is 37.3 Å². The molecular weight excluding hydrogens is 404 g/mol. The highest BCUT2D eigenvalue weighted by atomic mass is 35.5. The Hall–Kier alpha value is -2.74. The zero-order valence-electron chi connectivity index (χ0n) is 15.5. The first-order valence-electron chi connectivity index (χ1n) is 9.04. The molecule has 2 N–H and O–H groups in total. The molecule has 0 radical (unpaired) electrons. The van der Waals surface area contributed by atoms with Gasteiger partial charge in [0.15, 0.2) is 18.1 Å². The Morgan fingerprint density at radius 2 is 1.79 bits per heavy atom. The molecule has 0 spiro atoms. The second kappa shape index (κ2) is 6.95. The summed E-state index contributed by atoms with van der Waals surface area (Å²) in [7, 11) is 0. The minimum Gasteiger partial charge on any atom is -0.484 e. The average molecular weight is 422 g/mol. The van der Waals surface area contributed by atoms with Crippen molar-refractivity contribution in [2.24, 2.45) is 0 Å². The third-order valence-electron chi connectivity index (χ3n) is 5.27. The molecule has 2 aromatic rings. The van der Waals surface area contributed by atoms with E-state index in [0.717, 1.165) is 6.07 Å². The molecule has 3 aliphatic rings. The van der Waals surface area contributed by atoms with Crippen molar-refractivity contribution < 1.29 is 23.1 Å². The average Bonchev–Trinajstić information content (AvgIpc) is 2.61. The highest BCUT2D eigenvalue weighted by molar-refractivity contribution is 6.30. The van der Waals surface area contributed by atoms with E-state index in [1.54, 1.807) is 6.92 Å². The molecule has 1 aromatic heterocycles. The van der Waals surface area contributed by atoms with Crippen LogP contribution >= 0.6 is 11.6 Å². The van der Waals surface area contributed by atoms with E-state index in [1.165, 1.54) is 24.3 Å². The molecule has 152 valence electrons. The fourth-order valence-corrected chi connectivity index (χ4v) is 4.22. The van der Waals surface area contributed by atoms with Crippen LogP contribution in [0.2, 0.25) is 5.02 Å². The number of nitrogens with one attached hydrogen (secondary N) is 2.